The molecule has 8 heteroatoms. The van der Waals surface area contributed by atoms with Crippen LogP contribution in [0.25, 0.3) is 0 Å². The topological polar surface area (TPSA) is 85.6 Å². The molecule has 0 bridgehead atoms. The van der Waals surface area contributed by atoms with Crippen LogP contribution < -0.4 is 10.3 Å². The first kappa shape index (κ1) is 19.7. The van der Waals surface area contributed by atoms with Gasteiger partial charge in [-0.1, -0.05) is 29.8 Å². The van der Waals surface area contributed by atoms with Crippen LogP contribution in [-0.4, -0.2) is 30.8 Å². The van der Waals surface area contributed by atoms with E-state index in [0.717, 1.165) is 0 Å². The molecule has 0 amide bonds. The maximum atomic E-state index is 13.1. The minimum Gasteiger partial charge on any atom is -0.493 e. The normalized spacial score (nSPS) is 19.1. The molecule has 0 spiro atoms. The largest absolute Gasteiger partial charge is 0.493 e. The van der Waals surface area contributed by atoms with E-state index in [-0.39, 0.29) is 28.4 Å². The lowest BCUT2D eigenvalue weighted by Gasteiger charge is -2.24. The summed E-state index contributed by atoms with van der Waals surface area (Å²) in [5.74, 6) is 0.422. The van der Waals surface area contributed by atoms with Gasteiger partial charge in [0.1, 0.15) is 5.75 Å². The molecule has 1 aliphatic rings. The Morgan fingerprint density at radius 3 is 2.55 bits per heavy atom. The van der Waals surface area contributed by atoms with Crippen molar-refractivity contribution in [3.05, 3.63) is 87.8 Å². The summed E-state index contributed by atoms with van der Waals surface area (Å²) in [4.78, 5) is 12.7. The van der Waals surface area contributed by atoms with Crippen molar-refractivity contribution >= 4 is 21.4 Å². The zero-order chi connectivity index (χ0) is 20.6. The third kappa shape index (κ3) is 3.69. The second-order valence-corrected chi connectivity index (χ2v) is 9.14. The van der Waals surface area contributed by atoms with Gasteiger partial charge in [-0.15, -0.1) is 0 Å². The number of halogens is 1. The third-order valence-corrected chi connectivity index (χ3v) is 6.89. The summed E-state index contributed by atoms with van der Waals surface area (Å²) in [5.41, 5.74) is 0.0546. The van der Waals surface area contributed by atoms with E-state index in [1.807, 2.05) is 0 Å². The number of aromatic nitrogens is 1. The molecule has 0 fully saturated rings. The number of ether oxygens (including phenoxy) is 1. The lowest BCUT2D eigenvalue weighted by molar-refractivity contribution is 0.112. The number of hydrogen-bond acceptors (Lipinski definition) is 5. The van der Waals surface area contributed by atoms with Crippen LogP contribution in [0.5, 0.6) is 5.75 Å². The molecule has 6 nitrogen and oxygen atoms in total. The molecule has 0 radical (unpaired) electrons. The van der Waals surface area contributed by atoms with Crippen molar-refractivity contribution in [1.82, 2.24) is 4.57 Å². The Kier molecular flexibility index (Phi) is 5.21. The molecular formula is C21H18ClNO5S. The first-order valence-corrected chi connectivity index (χ1v) is 10.9. The summed E-state index contributed by atoms with van der Waals surface area (Å²) in [6.07, 6.45) is 0.756. The van der Waals surface area contributed by atoms with E-state index < -0.39 is 22.0 Å². The molecule has 2 atom stereocenters. The molecule has 4 rings (SSSR count). The Morgan fingerprint density at radius 1 is 1.03 bits per heavy atom. The first-order valence-electron chi connectivity index (χ1n) is 9.00. The van der Waals surface area contributed by atoms with Gasteiger partial charge in [-0.25, -0.2) is 8.42 Å². The quantitative estimate of drug-likeness (QED) is 0.688. The van der Waals surface area contributed by atoms with E-state index in [9.17, 15) is 18.3 Å². The van der Waals surface area contributed by atoms with Crippen molar-refractivity contribution in [2.45, 2.75) is 28.4 Å². The molecule has 1 aliphatic heterocycles. The molecule has 1 aromatic heterocycles. The van der Waals surface area contributed by atoms with Crippen LogP contribution in [0.3, 0.4) is 0 Å². The standard InChI is InChI=1S/C21H18ClNO5S/c22-14-6-9-20(25)23(13-14)21-17-12-16(7-8-19(17)28-11-10-18(21)24)29(26,27)15-4-2-1-3-5-15/h1-9,12-13,18,21,24H,10-11H2. The van der Waals surface area contributed by atoms with Crippen molar-refractivity contribution in [1.29, 1.82) is 0 Å². The monoisotopic (exact) mass is 431 g/mol. The molecule has 2 unspecified atom stereocenters. The molecule has 150 valence electrons. The van der Waals surface area contributed by atoms with E-state index >= 15 is 0 Å². The predicted molar refractivity (Wildman–Crippen MR) is 108 cm³/mol. The zero-order valence-electron chi connectivity index (χ0n) is 15.2. The molecule has 1 N–H and O–H groups in total. The van der Waals surface area contributed by atoms with Gasteiger partial charge in [-0.3, -0.25) is 4.79 Å². The summed E-state index contributed by atoms with van der Waals surface area (Å²) >= 11 is 6.07. The van der Waals surface area contributed by atoms with Gasteiger partial charge in [0, 0.05) is 24.2 Å². The van der Waals surface area contributed by atoms with Crippen LogP contribution in [0.2, 0.25) is 5.02 Å². The Hall–Kier alpha value is -2.61. The highest BCUT2D eigenvalue weighted by Gasteiger charge is 2.31. The molecule has 0 saturated heterocycles. The van der Waals surface area contributed by atoms with E-state index in [2.05, 4.69) is 0 Å². The van der Waals surface area contributed by atoms with Gasteiger partial charge >= 0.3 is 0 Å². The maximum absolute atomic E-state index is 13.1. The molecule has 3 aromatic rings. The highest BCUT2D eigenvalue weighted by atomic mass is 35.5. The average molecular weight is 432 g/mol. The minimum atomic E-state index is -3.78. The Bertz CT molecular complexity index is 1210. The second-order valence-electron chi connectivity index (χ2n) is 6.76. The van der Waals surface area contributed by atoms with Gasteiger partial charge in [0.2, 0.25) is 9.84 Å². The number of aliphatic hydroxyl groups excluding tert-OH is 1. The first-order chi connectivity index (χ1) is 13.9. The number of aliphatic hydroxyl groups is 1. The highest BCUT2D eigenvalue weighted by Crippen LogP contribution is 2.36. The van der Waals surface area contributed by atoms with Gasteiger partial charge in [-0.05, 0) is 36.4 Å². The average Bonchev–Trinajstić information content (AvgIpc) is 2.88. The van der Waals surface area contributed by atoms with Crippen LogP contribution in [0.15, 0.2) is 81.4 Å². The number of hydrogen-bond donors (Lipinski definition) is 1. The fourth-order valence-electron chi connectivity index (χ4n) is 3.48. The van der Waals surface area contributed by atoms with Crippen LogP contribution in [0.4, 0.5) is 0 Å². The second kappa shape index (κ2) is 7.67. The van der Waals surface area contributed by atoms with Gasteiger partial charge in [0.15, 0.2) is 0 Å². The zero-order valence-corrected chi connectivity index (χ0v) is 16.8. The number of pyridine rings is 1. The maximum Gasteiger partial charge on any atom is 0.251 e. The Labute approximate surface area is 172 Å². The van der Waals surface area contributed by atoms with E-state index in [0.29, 0.717) is 16.3 Å². The third-order valence-electron chi connectivity index (χ3n) is 4.90. The number of rotatable bonds is 3. The molecule has 0 aliphatic carbocycles. The SMILES string of the molecule is O=c1ccc(Cl)cn1C1c2cc(S(=O)(=O)c3ccccc3)ccc2OCCC1O. The molecule has 29 heavy (non-hydrogen) atoms. The number of nitrogens with zero attached hydrogens (tertiary/aromatic N) is 1. The van der Waals surface area contributed by atoms with Crippen molar-refractivity contribution in [3.8, 4) is 5.75 Å². The number of fused-ring (bicyclic) bond motifs is 1. The fraction of sp³-hybridized carbons (Fsp3) is 0.190. The number of sulfone groups is 1. The van der Waals surface area contributed by atoms with E-state index in [1.54, 1.807) is 24.3 Å². The lowest BCUT2D eigenvalue weighted by Crippen LogP contribution is -2.32. The van der Waals surface area contributed by atoms with Gasteiger partial charge in [0.05, 0.1) is 33.6 Å². The Morgan fingerprint density at radius 2 is 1.79 bits per heavy atom. The summed E-state index contributed by atoms with van der Waals surface area (Å²) < 4.78 is 33.1. The lowest BCUT2D eigenvalue weighted by atomic mass is 9.99. The van der Waals surface area contributed by atoms with Gasteiger partial charge in [0.25, 0.3) is 5.56 Å². The minimum absolute atomic E-state index is 0.0558. The predicted octanol–water partition coefficient (Wildman–Crippen LogP) is 3.07. The number of benzene rings is 2. The van der Waals surface area contributed by atoms with Crippen molar-refractivity contribution in [2.24, 2.45) is 0 Å². The summed E-state index contributed by atoms with van der Waals surface area (Å²) in [7, 11) is -3.78. The van der Waals surface area contributed by atoms with Crippen LogP contribution in [0, 0.1) is 0 Å². The van der Waals surface area contributed by atoms with Crippen molar-refractivity contribution in [2.75, 3.05) is 6.61 Å². The molecular weight excluding hydrogens is 414 g/mol. The van der Waals surface area contributed by atoms with Gasteiger partial charge < -0.3 is 14.4 Å². The fourth-order valence-corrected chi connectivity index (χ4v) is 4.96. The van der Waals surface area contributed by atoms with Crippen LogP contribution >= 0.6 is 11.6 Å². The van der Waals surface area contributed by atoms with Crippen LogP contribution in [-0.2, 0) is 9.84 Å². The van der Waals surface area contributed by atoms with Crippen molar-refractivity contribution in [3.63, 3.8) is 0 Å². The smallest absolute Gasteiger partial charge is 0.251 e. The van der Waals surface area contributed by atoms with E-state index in [1.165, 1.54) is 47.2 Å². The molecule has 0 saturated carbocycles. The van der Waals surface area contributed by atoms with Gasteiger partial charge in [-0.2, -0.15) is 0 Å². The van der Waals surface area contributed by atoms with Crippen molar-refractivity contribution < 1.29 is 18.3 Å². The highest BCUT2D eigenvalue weighted by molar-refractivity contribution is 7.91. The van der Waals surface area contributed by atoms with Crippen LogP contribution in [0.1, 0.15) is 18.0 Å². The summed E-state index contributed by atoms with van der Waals surface area (Å²) in [5, 5.41) is 11.1. The summed E-state index contributed by atoms with van der Waals surface area (Å²) in [6.45, 7) is 0.241. The molecule has 2 aromatic carbocycles. The summed E-state index contributed by atoms with van der Waals surface area (Å²) in [6, 6.07) is 14.5. The van der Waals surface area contributed by atoms with E-state index in [4.69, 9.17) is 16.3 Å². The Balaban J connectivity index is 1.91. The molecule has 2 heterocycles.